The molecule has 2 amide bonds. The van der Waals surface area contributed by atoms with Crippen molar-refractivity contribution < 1.29 is 19.1 Å². The molecule has 1 saturated carbocycles. The number of nitrogens with one attached hydrogen (secondary N) is 2. The second-order valence-electron chi connectivity index (χ2n) is 6.22. The Kier molecular flexibility index (Phi) is 6.40. The van der Waals surface area contributed by atoms with E-state index in [9.17, 15) is 14.0 Å². The maximum Gasteiger partial charge on any atom is 0.405 e. The summed E-state index contributed by atoms with van der Waals surface area (Å²) in [6.45, 7) is 0. The van der Waals surface area contributed by atoms with Crippen molar-refractivity contribution in [1.82, 2.24) is 5.32 Å². The van der Waals surface area contributed by atoms with Crippen LogP contribution in [0.15, 0.2) is 18.2 Å². The van der Waals surface area contributed by atoms with Crippen LogP contribution >= 0.6 is 0 Å². The SMILES string of the molecule is Nc1c(F)cccc1NC(=O)C(NC(=O)O)C1CCCCCCC1. The summed E-state index contributed by atoms with van der Waals surface area (Å²) in [5, 5.41) is 14.0. The third-order valence-corrected chi connectivity index (χ3v) is 4.49. The van der Waals surface area contributed by atoms with Crippen molar-refractivity contribution in [2.45, 2.75) is 51.0 Å². The van der Waals surface area contributed by atoms with Crippen LogP contribution in [-0.2, 0) is 4.79 Å². The lowest BCUT2D eigenvalue weighted by Crippen LogP contribution is -2.48. The molecule has 1 atom stereocenters. The summed E-state index contributed by atoms with van der Waals surface area (Å²) in [4.78, 5) is 23.7. The van der Waals surface area contributed by atoms with Gasteiger partial charge in [-0.05, 0) is 30.9 Å². The zero-order valence-corrected chi connectivity index (χ0v) is 13.6. The van der Waals surface area contributed by atoms with Gasteiger partial charge in [0.25, 0.3) is 0 Å². The van der Waals surface area contributed by atoms with E-state index in [1.165, 1.54) is 24.6 Å². The largest absolute Gasteiger partial charge is 0.465 e. The van der Waals surface area contributed by atoms with Gasteiger partial charge in [0.05, 0.1) is 11.4 Å². The van der Waals surface area contributed by atoms with Crippen molar-refractivity contribution >= 4 is 23.4 Å². The Hall–Kier alpha value is -2.31. The van der Waals surface area contributed by atoms with E-state index in [2.05, 4.69) is 10.6 Å². The number of benzene rings is 1. The van der Waals surface area contributed by atoms with Crippen LogP contribution in [0.5, 0.6) is 0 Å². The molecule has 1 unspecified atom stereocenters. The van der Waals surface area contributed by atoms with Crippen LogP contribution in [0.1, 0.15) is 44.9 Å². The van der Waals surface area contributed by atoms with Crippen LogP contribution in [0, 0.1) is 11.7 Å². The first-order valence-electron chi connectivity index (χ1n) is 8.33. The van der Waals surface area contributed by atoms with Crippen LogP contribution in [-0.4, -0.2) is 23.1 Å². The average molecular weight is 337 g/mol. The standard InChI is InChI=1S/C17H24FN3O3/c18-12-9-6-10-13(14(12)19)20-16(22)15(21-17(23)24)11-7-4-2-1-3-5-8-11/h6,9-11,15,21H,1-5,7-8,19H2,(H,20,22)(H,23,24). The van der Waals surface area contributed by atoms with Crippen LogP contribution in [0.4, 0.5) is 20.6 Å². The molecule has 6 nitrogen and oxygen atoms in total. The zero-order valence-electron chi connectivity index (χ0n) is 13.6. The molecule has 132 valence electrons. The zero-order chi connectivity index (χ0) is 17.5. The minimum atomic E-state index is -1.25. The molecular weight excluding hydrogens is 313 g/mol. The summed E-state index contributed by atoms with van der Waals surface area (Å²) in [6, 6.07) is 3.26. The third-order valence-electron chi connectivity index (χ3n) is 4.49. The van der Waals surface area contributed by atoms with Gasteiger partial charge in [0.1, 0.15) is 11.9 Å². The fraction of sp³-hybridized carbons (Fsp3) is 0.529. The van der Waals surface area contributed by atoms with E-state index in [-0.39, 0.29) is 17.3 Å². The molecule has 0 aromatic heterocycles. The van der Waals surface area contributed by atoms with Gasteiger partial charge in [-0.3, -0.25) is 4.79 Å². The first-order valence-corrected chi connectivity index (χ1v) is 8.33. The molecule has 1 aromatic carbocycles. The number of nitrogen functional groups attached to an aromatic ring is 1. The molecule has 0 heterocycles. The first kappa shape index (κ1) is 18.0. The second kappa shape index (κ2) is 8.52. The fourth-order valence-electron chi connectivity index (χ4n) is 3.21. The monoisotopic (exact) mass is 337 g/mol. The Morgan fingerprint density at radius 3 is 2.42 bits per heavy atom. The Balaban J connectivity index is 2.14. The van der Waals surface area contributed by atoms with Crippen LogP contribution < -0.4 is 16.4 Å². The summed E-state index contributed by atoms with van der Waals surface area (Å²) < 4.78 is 13.5. The number of halogens is 1. The number of hydrogen-bond donors (Lipinski definition) is 4. The van der Waals surface area contributed by atoms with Crippen molar-refractivity contribution in [1.29, 1.82) is 0 Å². The van der Waals surface area contributed by atoms with Gasteiger partial charge in [0, 0.05) is 0 Å². The summed E-state index contributed by atoms with van der Waals surface area (Å²) in [5.41, 5.74) is 5.63. The Bertz CT molecular complexity index is 586. The van der Waals surface area contributed by atoms with Crippen LogP contribution in [0.25, 0.3) is 0 Å². The summed E-state index contributed by atoms with van der Waals surface area (Å²) in [5.74, 6) is -1.20. The Morgan fingerprint density at radius 1 is 1.17 bits per heavy atom. The maximum absolute atomic E-state index is 13.5. The smallest absolute Gasteiger partial charge is 0.405 e. The molecule has 1 fully saturated rings. The lowest BCUT2D eigenvalue weighted by molar-refractivity contribution is -0.119. The van der Waals surface area contributed by atoms with Gasteiger partial charge in [-0.1, -0.05) is 38.2 Å². The summed E-state index contributed by atoms with van der Waals surface area (Å²) in [7, 11) is 0. The molecule has 2 rings (SSSR count). The molecule has 5 N–H and O–H groups in total. The number of para-hydroxylation sites is 1. The fourth-order valence-corrected chi connectivity index (χ4v) is 3.21. The normalized spacial score (nSPS) is 17.4. The van der Waals surface area contributed by atoms with E-state index in [1.807, 2.05) is 0 Å². The number of amides is 2. The van der Waals surface area contributed by atoms with Crippen molar-refractivity contribution in [3.8, 4) is 0 Å². The van der Waals surface area contributed by atoms with Gasteiger partial charge in [-0.25, -0.2) is 9.18 Å². The van der Waals surface area contributed by atoms with Crippen molar-refractivity contribution in [3.05, 3.63) is 24.0 Å². The molecule has 0 bridgehead atoms. The number of hydrogen-bond acceptors (Lipinski definition) is 3. The molecule has 7 heteroatoms. The maximum atomic E-state index is 13.5. The number of carbonyl (C=O) groups is 2. The highest BCUT2D eigenvalue weighted by molar-refractivity contribution is 5.98. The molecular formula is C17H24FN3O3. The Labute approximate surface area is 140 Å². The molecule has 1 aliphatic carbocycles. The van der Waals surface area contributed by atoms with Crippen LogP contribution in [0.2, 0.25) is 0 Å². The molecule has 1 aromatic rings. The van der Waals surface area contributed by atoms with E-state index >= 15 is 0 Å². The number of carboxylic acid groups (broad SMARTS) is 1. The van der Waals surface area contributed by atoms with Crippen molar-refractivity contribution in [2.24, 2.45) is 5.92 Å². The highest BCUT2D eigenvalue weighted by Crippen LogP contribution is 2.27. The van der Waals surface area contributed by atoms with E-state index in [1.54, 1.807) is 0 Å². The van der Waals surface area contributed by atoms with E-state index in [0.717, 1.165) is 38.5 Å². The molecule has 24 heavy (non-hydrogen) atoms. The Morgan fingerprint density at radius 2 is 1.79 bits per heavy atom. The van der Waals surface area contributed by atoms with E-state index in [0.29, 0.717) is 0 Å². The van der Waals surface area contributed by atoms with E-state index in [4.69, 9.17) is 10.8 Å². The summed E-state index contributed by atoms with van der Waals surface area (Å²) >= 11 is 0. The lowest BCUT2D eigenvalue weighted by atomic mass is 9.85. The molecule has 1 aliphatic rings. The predicted molar refractivity (Wildman–Crippen MR) is 90.2 cm³/mol. The predicted octanol–water partition coefficient (Wildman–Crippen LogP) is 3.34. The minimum Gasteiger partial charge on any atom is -0.465 e. The topological polar surface area (TPSA) is 104 Å². The highest BCUT2D eigenvalue weighted by Gasteiger charge is 2.30. The number of nitrogens with two attached hydrogens (primary N) is 1. The van der Waals surface area contributed by atoms with Gasteiger partial charge >= 0.3 is 6.09 Å². The minimum absolute atomic E-state index is 0.0730. The van der Waals surface area contributed by atoms with Crippen LogP contribution in [0.3, 0.4) is 0 Å². The van der Waals surface area contributed by atoms with Crippen molar-refractivity contribution in [3.63, 3.8) is 0 Å². The molecule has 0 spiro atoms. The lowest BCUT2D eigenvalue weighted by Gasteiger charge is -2.28. The van der Waals surface area contributed by atoms with E-state index < -0.39 is 23.9 Å². The van der Waals surface area contributed by atoms with Gasteiger partial charge in [-0.2, -0.15) is 0 Å². The molecule has 0 aliphatic heterocycles. The quantitative estimate of drug-likeness (QED) is 0.632. The first-order chi connectivity index (χ1) is 11.5. The average Bonchev–Trinajstić information content (AvgIpc) is 2.49. The van der Waals surface area contributed by atoms with Crippen molar-refractivity contribution in [2.75, 3.05) is 11.1 Å². The van der Waals surface area contributed by atoms with Gasteiger partial charge in [-0.15, -0.1) is 0 Å². The molecule has 0 radical (unpaired) electrons. The van der Waals surface area contributed by atoms with Gasteiger partial charge < -0.3 is 21.5 Å². The van der Waals surface area contributed by atoms with Gasteiger partial charge in [0.15, 0.2) is 0 Å². The second-order valence-corrected chi connectivity index (χ2v) is 6.22. The molecule has 0 saturated heterocycles. The number of anilines is 2. The van der Waals surface area contributed by atoms with Gasteiger partial charge in [0.2, 0.25) is 5.91 Å². The highest BCUT2D eigenvalue weighted by atomic mass is 19.1. The third kappa shape index (κ3) is 4.84. The number of rotatable bonds is 4. The number of carbonyl (C=O) groups excluding carboxylic acids is 1. The summed E-state index contributed by atoms with van der Waals surface area (Å²) in [6.07, 6.45) is 5.63.